The van der Waals surface area contributed by atoms with Gasteiger partial charge in [0.25, 0.3) is 0 Å². The van der Waals surface area contributed by atoms with Gasteiger partial charge in [-0.1, -0.05) is 0 Å². The second-order valence-electron chi connectivity index (χ2n) is 7.51. The quantitative estimate of drug-likeness (QED) is 0.747. The number of methoxy groups -OCH3 is 1. The van der Waals surface area contributed by atoms with Gasteiger partial charge < -0.3 is 9.84 Å². The third-order valence-corrected chi connectivity index (χ3v) is 5.40. The lowest BCUT2D eigenvalue weighted by Crippen LogP contribution is -2.15. The summed E-state index contributed by atoms with van der Waals surface area (Å²) in [5.41, 5.74) is 2.28. The number of Topliss-reactive ketones (excluding diaryl/α,β-unsaturated/α-hetero) is 2. The maximum absolute atomic E-state index is 12.9. The summed E-state index contributed by atoms with van der Waals surface area (Å²) in [5, 5.41) is 8.60. The Hall–Kier alpha value is -3.42. The number of esters is 1. The minimum atomic E-state index is -0.998. The third kappa shape index (κ3) is 5.02. The summed E-state index contributed by atoms with van der Waals surface area (Å²) < 4.78 is 30.3. The van der Waals surface area contributed by atoms with Crippen LogP contribution < -0.4 is 0 Å². The van der Waals surface area contributed by atoms with Gasteiger partial charge in [-0.05, 0) is 60.4 Å². The molecule has 0 spiro atoms. The molecule has 0 fully saturated rings. The lowest BCUT2D eigenvalue weighted by molar-refractivity contribution is -0.141. The van der Waals surface area contributed by atoms with Gasteiger partial charge in [-0.15, -0.1) is 0 Å². The van der Waals surface area contributed by atoms with Gasteiger partial charge in [-0.25, -0.2) is 8.78 Å². The molecule has 2 aromatic rings. The maximum Gasteiger partial charge on any atom is 0.306 e. The van der Waals surface area contributed by atoms with Crippen molar-refractivity contribution in [2.45, 2.75) is 25.7 Å². The van der Waals surface area contributed by atoms with Gasteiger partial charge in [0.2, 0.25) is 0 Å². The molecule has 2 aliphatic rings. The number of carboxylic acids is 1. The van der Waals surface area contributed by atoms with Crippen molar-refractivity contribution in [3.05, 3.63) is 70.3 Å². The second kappa shape index (κ2) is 9.16. The van der Waals surface area contributed by atoms with Gasteiger partial charge in [0.15, 0.2) is 11.6 Å². The molecule has 6 nitrogen and oxygen atoms in total. The molecule has 0 aromatic heterocycles. The van der Waals surface area contributed by atoms with E-state index in [4.69, 9.17) is 5.11 Å². The first-order chi connectivity index (χ1) is 14.7. The zero-order chi connectivity index (χ0) is 22.7. The molecule has 0 bridgehead atoms. The highest BCUT2D eigenvalue weighted by Crippen LogP contribution is 2.30. The fraction of sp³-hybridized carbons (Fsp3) is 0.304. The summed E-state index contributed by atoms with van der Waals surface area (Å²) >= 11 is 0. The SMILES string of the molecule is COC(=O)CC1Cc2cc(F)ccc2C1=O.O=C(O)CC1Cc2cc(F)ccc2C1=O. The molecule has 0 saturated carbocycles. The van der Waals surface area contributed by atoms with Crippen molar-refractivity contribution in [1.82, 2.24) is 0 Å². The van der Waals surface area contributed by atoms with E-state index in [0.29, 0.717) is 35.1 Å². The van der Waals surface area contributed by atoms with Crippen LogP contribution in [0, 0.1) is 23.5 Å². The van der Waals surface area contributed by atoms with Crippen molar-refractivity contribution in [2.24, 2.45) is 11.8 Å². The number of benzene rings is 2. The number of rotatable bonds is 4. The third-order valence-electron chi connectivity index (χ3n) is 5.40. The van der Waals surface area contributed by atoms with Crippen molar-refractivity contribution in [3.8, 4) is 0 Å². The van der Waals surface area contributed by atoms with E-state index in [0.717, 1.165) is 0 Å². The van der Waals surface area contributed by atoms with Crippen LogP contribution in [-0.4, -0.2) is 35.7 Å². The molecule has 2 aliphatic carbocycles. The van der Waals surface area contributed by atoms with Crippen LogP contribution in [0.2, 0.25) is 0 Å². The molecule has 4 rings (SSSR count). The van der Waals surface area contributed by atoms with Gasteiger partial charge in [0.1, 0.15) is 11.6 Å². The van der Waals surface area contributed by atoms with Crippen molar-refractivity contribution in [2.75, 3.05) is 7.11 Å². The Morgan fingerprint density at radius 3 is 1.77 bits per heavy atom. The number of ketones is 2. The van der Waals surface area contributed by atoms with Crippen molar-refractivity contribution in [1.29, 1.82) is 0 Å². The summed E-state index contributed by atoms with van der Waals surface area (Å²) in [6, 6.07) is 8.04. The van der Waals surface area contributed by atoms with Crippen LogP contribution in [0.25, 0.3) is 0 Å². The number of carboxylic acid groups (broad SMARTS) is 1. The molecule has 0 heterocycles. The number of carbonyl (C=O) groups is 4. The number of ether oxygens (including phenoxy) is 1. The van der Waals surface area contributed by atoms with Crippen LogP contribution in [-0.2, 0) is 27.2 Å². The molecule has 2 unspecified atom stereocenters. The topological polar surface area (TPSA) is 97.7 Å². The fourth-order valence-electron chi connectivity index (χ4n) is 3.92. The van der Waals surface area contributed by atoms with Crippen LogP contribution in [0.15, 0.2) is 36.4 Å². The van der Waals surface area contributed by atoms with Gasteiger partial charge >= 0.3 is 11.9 Å². The summed E-state index contributed by atoms with van der Waals surface area (Å²) in [5.74, 6) is -3.37. The van der Waals surface area contributed by atoms with E-state index in [2.05, 4.69) is 4.74 Å². The van der Waals surface area contributed by atoms with E-state index in [9.17, 15) is 28.0 Å². The highest BCUT2D eigenvalue weighted by Gasteiger charge is 2.33. The van der Waals surface area contributed by atoms with Crippen LogP contribution in [0.4, 0.5) is 8.78 Å². The smallest absolute Gasteiger partial charge is 0.306 e. The summed E-state index contributed by atoms with van der Waals surface area (Å²) in [7, 11) is 1.29. The Bertz CT molecular complexity index is 1060. The van der Waals surface area contributed by atoms with E-state index in [1.807, 2.05) is 0 Å². The van der Waals surface area contributed by atoms with E-state index in [1.165, 1.54) is 43.5 Å². The van der Waals surface area contributed by atoms with Gasteiger partial charge in [-0.3, -0.25) is 19.2 Å². The molecule has 31 heavy (non-hydrogen) atoms. The minimum Gasteiger partial charge on any atom is -0.481 e. The monoisotopic (exact) mass is 430 g/mol. The highest BCUT2D eigenvalue weighted by molar-refractivity contribution is 6.04. The molecule has 0 saturated heterocycles. The number of aliphatic carboxylic acids is 1. The Balaban J connectivity index is 0.000000176. The molecule has 0 aliphatic heterocycles. The predicted molar refractivity (Wildman–Crippen MR) is 105 cm³/mol. The largest absolute Gasteiger partial charge is 0.481 e. The predicted octanol–water partition coefficient (Wildman–Crippen LogP) is 3.40. The van der Waals surface area contributed by atoms with E-state index >= 15 is 0 Å². The molecular formula is C23H20F2O6. The lowest BCUT2D eigenvalue weighted by Gasteiger charge is -2.04. The van der Waals surface area contributed by atoms with E-state index < -0.39 is 29.6 Å². The number of fused-ring (bicyclic) bond motifs is 2. The van der Waals surface area contributed by atoms with Crippen LogP contribution in [0.1, 0.15) is 44.7 Å². The second-order valence-corrected chi connectivity index (χ2v) is 7.51. The standard InChI is InChI=1S/C12H11FO3.C11H9FO3/c1-16-11(14)6-8-4-7-5-9(13)2-3-10(7)12(8)15;12-8-1-2-9-6(4-8)3-7(11(9)15)5-10(13)14/h2-3,5,8H,4,6H2,1H3;1-2,4,7H,3,5H2,(H,13,14). The Morgan fingerprint density at radius 1 is 0.903 bits per heavy atom. The molecule has 0 radical (unpaired) electrons. The van der Waals surface area contributed by atoms with Crippen LogP contribution in [0.3, 0.4) is 0 Å². The molecule has 162 valence electrons. The molecule has 0 amide bonds. The number of carbonyl (C=O) groups excluding carboxylic acids is 3. The average Bonchev–Trinajstić information content (AvgIpc) is 3.17. The minimum absolute atomic E-state index is 0.0611. The normalized spacial score (nSPS) is 18.7. The van der Waals surface area contributed by atoms with Crippen molar-refractivity contribution < 1.29 is 37.8 Å². The molecule has 2 atom stereocenters. The molecule has 1 N–H and O–H groups in total. The number of halogens is 2. The van der Waals surface area contributed by atoms with E-state index in [-0.39, 0.29) is 30.2 Å². The van der Waals surface area contributed by atoms with Gasteiger partial charge in [-0.2, -0.15) is 0 Å². The highest BCUT2D eigenvalue weighted by atomic mass is 19.1. The molecule has 8 heteroatoms. The van der Waals surface area contributed by atoms with Gasteiger partial charge in [0.05, 0.1) is 20.0 Å². The summed E-state index contributed by atoms with van der Waals surface area (Å²) in [6.45, 7) is 0. The average molecular weight is 430 g/mol. The first kappa shape index (κ1) is 22.3. The lowest BCUT2D eigenvalue weighted by atomic mass is 10.0. The zero-order valence-electron chi connectivity index (χ0n) is 16.7. The van der Waals surface area contributed by atoms with Crippen LogP contribution >= 0.6 is 0 Å². The van der Waals surface area contributed by atoms with Gasteiger partial charge in [0, 0.05) is 23.0 Å². The number of hydrogen-bond donors (Lipinski definition) is 1. The zero-order valence-corrected chi connectivity index (χ0v) is 16.7. The van der Waals surface area contributed by atoms with E-state index in [1.54, 1.807) is 0 Å². The maximum atomic E-state index is 12.9. The molecule has 2 aromatic carbocycles. The fourth-order valence-corrected chi connectivity index (χ4v) is 3.92. The first-order valence-corrected chi connectivity index (χ1v) is 9.63. The van der Waals surface area contributed by atoms with Crippen molar-refractivity contribution >= 4 is 23.5 Å². The molecular weight excluding hydrogens is 410 g/mol. The first-order valence-electron chi connectivity index (χ1n) is 9.63. The number of hydrogen-bond acceptors (Lipinski definition) is 5. The van der Waals surface area contributed by atoms with Crippen LogP contribution in [0.5, 0.6) is 0 Å². The summed E-state index contributed by atoms with van der Waals surface area (Å²) in [4.78, 5) is 45.1. The Kier molecular flexibility index (Phi) is 6.58. The Labute approximate surface area is 176 Å². The summed E-state index contributed by atoms with van der Waals surface area (Å²) in [6.07, 6.45) is 0.625. The van der Waals surface area contributed by atoms with Crippen molar-refractivity contribution in [3.63, 3.8) is 0 Å². The Morgan fingerprint density at radius 2 is 1.35 bits per heavy atom.